The molecule has 174 valence electrons. The minimum atomic E-state index is -4.51. The second-order valence-corrected chi connectivity index (χ2v) is 8.39. The first kappa shape index (κ1) is 23.1. The van der Waals surface area contributed by atoms with E-state index in [-0.39, 0.29) is 35.1 Å². The topological polar surface area (TPSA) is 56.8 Å². The molecule has 1 aromatic heterocycles. The number of carbonyl (C=O) groups is 2. The third-order valence-electron chi connectivity index (χ3n) is 5.92. The highest BCUT2D eigenvalue weighted by molar-refractivity contribution is 6.33. The second-order valence-electron chi connectivity index (χ2n) is 7.99. The minimum Gasteiger partial charge on any atom is -0.352 e. The number of nitrogens with zero attached hydrogens (tertiary/aromatic N) is 4. The van der Waals surface area contributed by atoms with Crippen LogP contribution in [-0.2, 0) is 15.8 Å². The average molecular weight is 479 g/mol. The lowest BCUT2D eigenvalue weighted by Crippen LogP contribution is -2.50. The molecular weight excluding hydrogens is 457 g/mol. The lowest BCUT2D eigenvalue weighted by molar-refractivity contribution is -0.138. The fraction of sp³-hybridized carbons (Fsp3) is 0.348. The predicted octanol–water partition coefficient (Wildman–Crippen LogP) is 4.37. The van der Waals surface area contributed by atoms with Crippen LogP contribution in [0.3, 0.4) is 0 Å². The van der Waals surface area contributed by atoms with Gasteiger partial charge in [-0.2, -0.15) is 13.2 Å². The average Bonchev–Trinajstić information content (AvgIpc) is 2.78. The Morgan fingerprint density at radius 3 is 2.48 bits per heavy atom. The van der Waals surface area contributed by atoms with Crippen molar-refractivity contribution in [2.24, 2.45) is 0 Å². The Balaban J connectivity index is 1.43. The molecule has 1 saturated heterocycles. The number of fused-ring (bicyclic) bond motifs is 1. The third kappa shape index (κ3) is 4.83. The summed E-state index contributed by atoms with van der Waals surface area (Å²) in [6.07, 6.45) is -0.0412. The van der Waals surface area contributed by atoms with Gasteiger partial charge in [-0.25, -0.2) is 4.98 Å². The monoisotopic (exact) mass is 478 g/mol. The maximum Gasteiger partial charge on any atom is 0.417 e. The number of halogens is 4. The highest BCUT2D eigenvalue weighted by Crippen LogP contribution is 2.35. The Hall–Kier alpha value is -3.07. The molecular formula is C23H22ClF3N4O2. The van der Waals surface area contributed by atoms with Crippen molar-refractivity contribution in [2.75, 3.05) is 31.1 Å². The van der Waals surface area contributed by atoms with Crippen LogP contribution in [0.4, 0.5) is 19.0 Å². The van der Waals surface area contributed by atoms with Crippen LogP contribution in [0, 0.1) is 0 Å². The van der Waals surface area contributed by atoms with Gasteiger partial charge in [0.15, 0.2) is 0 Å². The highest BCUT2D eigenvalue weighted by Gasteiger charge is 2.33. The second kappa shape index (κ2) is 9.05. The number of hydrogen-bond donors (Lipinski definition) is 0. The summed E-state index contributed by atoms with van der Waals surface area (Å²) in [5, 5.41) is -0.0766. The van der Waals surface area contributed by atoms with Gasteiger partial charge < -0.3 is 14.7 Å². The van der Waals surface area contributed by atoms with Gasteiger partial charge in [-0.3, -0.25) is 9.59 Å². The van der Waals surface area contributed by atoms with E-state index in [0.717, 1.165) is 23.4 Å². The molecule has 10 heteroatoms. The summed E-state index contributed by atoms with van der Waals surface area (Å²) in [6.45, 7) is 3.00. The smallest absolute Gasteiger partial charge is 0.352 e. The number of aromatic nitrogens is 1. The first-order valence-corrected chi connectivity index (χ1v) is 10.8. The van der Waals surface area contributed by atoms with E-state index in [1.807, 2.05) is 30.3 Å². The maximum absolute atomic E-state index is 13.1. The van der Waals surface area contributed by atoms with E-state index in [0.29, 0.717) is 26.2 Å². The van der Waals surface area contributed by atoms with Crippen LogP contribution in [0.25, 0.3) is 6.08 Å². The van der Waals surface area contributed by atoms with E-state index in [1.54, 1.807) is 20.9 Å². The molecule has 6 nitrogen and oxygen atoms in total. The molecule has 0 aliphatic carbocycles. The Bertz CT molecular complexity index is 1100. The largest absolute Gasteiger partial charge is 0.417 e. The molecule has 4 rings (SSSR count). The van der Waals surface area contributed by atoms with Crippen molar-refractivity contribution in [3.05, 3.63) is 64.4 Å². The third-order valence-corrected chi connectivity index (χ3v) is 6.20. The Labute approximate surface area is 194 Å². The van der Waals surface area contributed by atoms with Crippen molar-refractivity contribution in [1.29, 1.82) is 0 Å². The van der Waals surface area contributed by atoms with Crippen LogP contribution in [0.5, 0.6) is 0 Å². The summed E-state index contributed by atoms with van der Waals surface area (Å²) in [7, 11) is 0. The molecule has 2 aliphatic rings. The van der Waals surface area contributed by atoms with Crippen LogP contribution in [0.15, 0.2) is 42.7 Å². The molecule has 0 N–H and O–H groups in total. The summed E-state index contributed by atoms with van der Waals surface area (Å²) in [6, 6.07) is 8.13. The van der Waals surface area contributed by atoms with Crippen LogP contribution in [0.2, 0.25) is 5.02 Å². The van der Waals surface area contributed by atoms with Gasteiger partial charge in [0.05, 0.1) is 23.0 Å². The van der Waals surface area contributed by atoms with Crippen LogP contribution < -0.4 is 4.90 Å². The van der Waals surface area contributed by atoms with E-state index in [9.17, 15) is 22.8 Å². The molecule has 0 bridgehead atoms. The van der Waals surface area contributed by atoms with E-state index in [2.05, 4.69) is 4.98 Å². The first-order valence-electron chi connectivity index (χ1n) is 10.5. The Kier molecular flexibility index (Phi) is 6.34. The van der Waals surface area contributed by atoms with E-state index >= 15 is 0 Å². The fourth-order valence-corrected chi connectivity index (χ4v) is 4.48. The van der Waals surface area contributed by atoms with Crippen LogP contribution >= 0.6 is 11.6 Å². The molecule has 2 aliphatic heterocycles. The molecule has 33 heavy (non-hydrogen) atoms. The normalized spacial score (nSPS) is 18.3. The number of alkyl halides is 3. The summed E-state index contributed by atoms with van der Waals surface area (Å²) in [5.41, 5.74) is 0.991. The molecule has 0 spiro atoms. The van der Waals surface area contributed by atoms with Gasteiger partial charge in [0.25, 0.3) is 0 Å². The Morgan fingerprint density at radius 2 is 1.85 bits per heavy atom. The summed E-state index contributed by atoms with van der Waals surface area (Å²) in [5.74, 6) is 0.0275. The molecule has 0 radical (unpaired) electrons. The van der Waals surface area contributed by atoms with Gasteiger partial charge in [-0.1, -0.05) is 35.9 Å². The molecule has 2 aromatic rings. The molecule has 1 aromatic carbocycles. The van der Waals surface area contributed by atoms with E-state index < -0.39 is 11.7 Å². The molecule has 1 unspecified atom stereocenters. The zero-order valence-electron chi connectivity index (χ0n) is 17.8. The van der Waals surface area contributed by atoms with Crippen LogP contribution in [0.1, 0.15) is 36.1 Å². The predicted molar refractivity (Wildman–Crippen MR) is 118 cm³/mol. The number of piperazine rings is 1. The molecule has 1 fully saturated rings. The number of anilines is 1. The summed E-state index contributed by atoms with van der Waals surface area (Å²) < 4.78 is 38.6. The van der Waals surface area contributed by atoms with Gasteiger partial charge in [0.1, 0.15) is 5.82 Å². The Morgan fingerprint density at radius 1 is 1.15 bits per heavy atom. The zero-order chi connectivity index (χ0) is 23.8. The van der Waals surface area contributed by atoms with Gasteiger partial charge in [0, 0.05) is 45.5 Å². The van der Waals surface area contributed by atoms with E-state index in [4.69, 9.17) is 11.6 Å². The number of carbonyl (C=O) groups excluding carboxylic acids is 2. The van der Waals surface area contributed by atoms with Crippen LogP contribution in [-0.4, -0.2) is 52.8 Å². The number of pyridine rings is 1. The van der Waals surface area contributed by atoms with Crippen molar-refractivity contribution in [1.82, 2.24) is 14.8 Å². The molecule has 1 atom stereocenters. The van der Waals surface area contributed by atoms with Gasteiger partial charge in [-0.15, -0.1) is 0 Å². The molecule has 2 amide bonds. The lowest BCUT2D eigenvalue weighted by Gasteiger charge is -2.38. The maximum atomic E-state index is 13.1. The van der Waals surface area contributed by atoms with Crippen molar-refractivity contribution >= 4 is 35.3 Å². The first-order chi connectivity index (χ1) is 15.6. The number of benzene rings is 1. The fourth-order valence-electron chi connectivity index (χ4n) is 4.19. The van der Waals surface area contributed by atoms with Crippen molar-refractivity contribution in [3.8, 4) is 0 Å². The quantitative estimate of drug-likeness (QED) is 0.657. The summed E-state index contributed by atoms with van der Waals surface area (Å²) >= 11 is 6.06. The van der Waals surface area contributed by atoms with Gasteiger partial charge in [-0.05, 0) is 23.3 Å². The van der Waals surface area contributed by atoms with Gasteiger partial charge in [0.2, 0.25) is 11.8 Å². The van der Waals surface area contributed by atoms with Crippen molar-refractivity contribution in [3.63, 3.8) is 0 Å². The minimum absolute atomic E-state index is 0.0766. The molecule has 0 saturated carbocycles. The number of rotatable bonds is 3. The molecule has 3 heterocycles. The van der Waals surface area contributed by atoms with Crippen molar-refractivity contribution < 1.29 is 22.8 Å². The van der Waals surface area contributed by atoms with Crippen molar-refractivity contribution in [2.45, 2.75) is 25.6 Å². The lowest BCUT2D eigenvalue weighted by atomic mass is 9.93. The highest BCUT2D eigenvalue weighted by atomic mass is 35.5. The number of amides is 2. The standard InChI is InChI=1S/C23H22ClF3N4O2/c1-15(32)31-7-6-16-4-2-3-5-18(16)20(31)13-21(33)29-8-10-30(11-9-29)22-19(24)12-17(14-28-22)23(25,26)27/h2-7,12,14,20H,8-11,13H2,1H3. The SMILES string of the molecule is CC(=O)N1C=Cc2ccccc2C1CC(=O)N1CCN(c2ncc(C(F)(F)F)cc2Cl)CC1. The van der Waals surface area contributed by atoms with E-state index in [1.165, 1.54) is 6.92 Å². The van der Waals surface area contributed by atoms with Gasteiger partial charge >= 0.3 is 6.18 Å². The summed E-state index contributed by atoms with van der Waals surface area (Å²) in [4.78, 5) is 34.2. The number of hydrogen-bond acceptors (Lipinski definition) is 4. The zero-order valence-corrected chi connectivity index (χ0v) is 18.6.